The number of halogens is 2. The number of rotatable bonds is 13. The maximum Gasteiger partial charge on any atom is 0.256 e. The van der Waals surface area contributed by atoms with E-state index in [4.69, 9.17) is 17.2 Å². The Labute approximate surface area is 243 Å². The SMILES string of the molecule is CC(C)C[C@H](N)C(=O)N(C=Cc1ccccc1)C(=O)[C@H](Cc1ccc(O)cc1)NC(=O)[C@H](N)CCCN.Cl.Cl. The Kier molecular flexibility index (Phi) is 17.0. The van der Waals surface area contributed by atoms with Crippen molar-refractivity contribution in [1.82, 2.24) is 10.2 Å². The lowest BCUT2D eigenvalue weighted by Gasteiger charge is -2.27. The molecule has 2 aromatic carbocycles. The van der Waals surface area contributed by atoms with Crippen LogP contribution in [0.15, 0.2) is 60.8 Å². The Morgan fingerprint density at radius 2 is 1.56 bits per heavy atom. The standard InChI is InChI=1S/C28H39N5O4.2ClH/c1-19(2)17-24(31)27(36)33(16-14-20-7-4-3-5-8-20)28(37)25(18-21-10-12-22(34)13-11-21)32-26(35)23(30)9-6-15-29;;/h3-5,7-8,10-14,16,19,23-25,34H,6,9,15,17-18,29-31H2,1-2H3,(H,32,35);2*1H/t23-,24+,25+;;/m1../s1. The first-order valence-corrected chi connectivity index (χ1v) is 12.5. The quantitative estimate of drug-likeness (QED) is 0.242. The van der Waals surface area contributed by atoms with Crippen LogP contribution in [0.3, 0.4) is 0 Å². The first-order valence-electron chi connectivity index (χ1n) is 12.5. The second-order valence-electron chi connectivity index (χ2n) is 9.48. The summed E-state index contributed by atoms with van der Waals surface area (Å²) < 4.78 is 0. The number of carbonyl (C=O) groups excluding carboxylic acids is 3. The monoisotopic (exact) mass is 581 g/mol. The molecule has 0 saturated heterocycles. The lowest BCUT2D eigenvalue weighted by molar-refractivity contribution is -0.145. The van der Waals surface area contributed by atoms with Crippen LogP contribution in [0.5, 0.6) is 5.75 Å². The fourth-order valence-electron chi connectivity index (χ4n) is 3.75. The van der Waals surface area contributed by atoms with Gasteiger partial charge in [-0.1, -0.05) is 56.3 Å². The Hall–Kier alpha value is -2.95. The molecule has 0 aliphatic carbocycles. The zero-order valence-electron chi connectivity index (χ0n) is 22.4. The van der Waals surface area contributed by atoms with Crippen molar-refractivity contribution in [1.29, 1.82) is 0 Å². The largest absolute Gasteiger partial charge is 0.508 e. The van der Waals surface area contributed by atoms with E-state index in [1.807, 2.05) is 44.2 Å². The Bertz CT molecular complexity index is 1050. The molecule has 0 aliphatic rings. The second kappa shape index (κ2) is 18.4. The highest BCUT2D eigenvalue weighted by molar-refractivity contribution is 6.03. The number of nitrogens with two attached hydrogens (primary N) is 3. The molecule has 2 aromatic rings. The van der Waals surface area contributed by atoms with Crippen molar-refractivity contribution in [3.63, 3.8) is 0 Å². The number of benzene rings is 2. The van der Waals surface area contributed by atoms with Crippen molar-refractivity contribution in [2.75, 3.05) is 6.54 Å². The average Bonchev–Trinajstić information content (AvgIpc) is 2.88. The van der Waals surface area contributed by atoms with Gasteiger partial charge in [-0.05, 0) is 61.1 Å². The Morgan fingerprint density at radius 1 is 0.949 bits per heavy atom. The van der Waals surface area contributed by atoms with Crippen molar-refractivity contribution in [3.05, 3.63) is 71.9 Å². The van der Waals surface area contributed by atoms with Crippen molar-refractivity contribution >= 4 is 48.6 Å². The lowest BCUT2D eigenvalue weighted by atomic mass is 10.0. The summed E-state index contributed by atoms with van der Waals surface area (Å²) in [7, 11) is 0. The first kappa shape index (κ1) is 36.0. The van der Waals surface area contributed by atoms with E-state index in [1.165, 1.54) is 18.3 Å². The van der Waals surface area contributed by atoms with Gasteiger partial charge in [0.2, 0.25) is 11.8 Å². The van der Waals surface area contributed by atoms with Gasteiger partial charge in [0.15, 0.2) is 0 Å². The summed E-state index contributed by atoms with van der Waals surface area (Å²) in [4.78, 5) is 41.0. The smallest absolute Gasteiger partial charge is 0.256 e. The molecule has 3 amide bonds. The van der Waals surface area contributed by atoms with E-state index < -0.39 is 35.8 Å². The molecule has 0 aliphatic heterocycles. The predicted molar refractivity (Wildman–Crippen MR) is 159 cm³/mol. The van der Waals surface area contributed by atoms with Crippen LogP contribution in [0.1, 0.15) is 44.2 Å². The maximum atomic E-state index is 13.8. The van der Waals surface area contributed by atoms with Gasteiger partial charge in [0.1, 0.15) is 11.8 Å². The number of carbonyl (C=O) groups is 3. The lowest BCUT2D eigenvalue weighted by Crippen LogP contribution is -2.55. The van der Waals surface area contributed by atoms with E-state index in [0.29, 0.717) is 31.4 Å². The second-order valence-corrected chi connectivity index (χ2v) is 9.48. The molecule has 0 spiro atoms. The molecule has 3 atom stereocenters. The summed E-state index contributed by atoms with van der Waals surface area (Å²) in [5.41, 5.74) is 19.2. The van der Waals surface area contributed by atoms with Crippen molar-refractivity contribution < 1.29 is 19.5 Å². The summed E-state index contributed by atoms with van der Waals surface area (Å²) in [6.45, 7) is 4.27. The van der Waals surface area contributed by atoms with Gasteiger partial charge in [0.25, 0.3) is 5.91 Å². The molecule has 8 N–H and O–H groups in total. The van der Waals surface area contributed by atoms with Gasteiger partial charge < -0.3 is 27.6 Å². The zero-order valence-corrected chi connectivity index (χ0v) is 24.0. The number of hydrogen-bond donors (Lipinski definition) is 5. The van der Waals surface area contributed by atoms with Crippen molar-refractivity contribution in [2.45, 2.75) is 57.7 Å². The molecule has 39 heavy (non-hydrogen) atoms. The minimum absolute atomic E-state index is 0. The van der Waals surface area contributed by atoms with Crippen LogP contribution in [-0.4, -0.2) is 52.4 Å². The van der Waals surface area contributed by atoms with E-state index in [2.05, 4.69) is 5.32 Å². The van der Waals surface area contributed by atoms with Gasteiger partial charge in [0, 0.05) is 12.6 Å². The predicted octanol–water partition coefficient (Wildman–Crippen LogP) is 2.73. The van der Waals surface area contributed by atoms with Crippen LogP contribution in [0, 0.1) is 5.92 Å². The highest BCUT2D eigenvalue weighted by Crippen LogP contribution is 2.15. The number of phenols is 1. The summed E-state index contributed by atoms with van der Waals surface area (Å²) in [6, 6.07) is 12.6. The van der Waals surface area contributed by atoms with E-state index >= 15 is 0 Å². The molecule has 216 valence electrons. The molecule has 0 saturated carbocycles. The molecule has 0 fully saturated rings. The van der Waals surface area contributed by atoms with Crippen molar-refractivity contribution in [2.24, 2.45) is 23.1 Å². The molecule has 0 aromatic heterocycles. The minimum atomic E-state index is -1.10. The number of hydrogen-bond acceptors (Lipinski definition) is 7. The zero-order chi connectivity index (χ0) is 27.4. The Balaban J connectivity index is 0.00000722. The van der Waals surface area contributed by atoms with Gasteiger partial charge in [-0.25, -0.2) is 0 Å². The summed E-state index contributed by atoms with van der Waals surface area (Å²) >= 11 is 0. The van der Waals surface area contributed by atoms with Crippen LogP contribution in [-0.2, 0) is 20.8 Å². The van der Waals surface area contributed by atoms with Gasteiger partial charge in [-0.2, -0.15) is 0 Å². The third-order valence-electron chi connectivity index (χ3n) is 5.78. The third kappa shape index (κ3) is 12.2. The first-order chi connectivity index (χ1) is 17.6. The molecule has 0 unspecified atom stereocenters. The fourth-order valence-corrected chi connectivity index (χ4v) is 3.75. The fraction of sp³-hybridized carbons (Fsp3) is 0.393. The van der Waals surface area contributed by atoms with Crippen LogP contribution in [0.4, 0.5) is 0 Å². The van der Waals surface area contributed by atoms with E-state index in [1.54, 1.807) is 18.2 Å². The van der Waals surface area contributed by atoms with E-state index in [0.717, 1.165) is 10.5 Å². The van der Waals surface area contributed by atoms with Crippen LogP contribution >= 0.6 is 24.8 Å². The number of imide groups is 1. The van der Waals surface area contributed by atoms with Gasteiger partial charge >= 0.3 is 0 Å². The third-order valence-corrected chi connectivity index (χ3v) is 5.78. The molecular formula is C28H41Cl2N5O4. The van der Waals surface area contributed by atoms with Crippen LogP contribution in [0.25, 0.3) is 6.08 Å². The molecule has 0 radical (unpaired) electrons. The summed E-state index contributed by atoms with van der Waals surface area (Å²) in [5.74, 6) is -1.51. The maximum absolute atomic E-state index is 13.8. The van der Waals surface area contributed by atoms with E-state index in [-0.39, 0.29) is 42.9 Å². The van der Waals surface area contributed by atoms with Gasteiger partial charge in [0.05, 0.1) is 12.1 Å². The summed E-state index contributed by atoms with van der Waals surface area (Å²) in [6.07, 6.45) is 4.42. The molecule has 11 heteroatoms. The highest BCUT2D eigenvalue weighted by atomic mass is 35.5. The van der Waals surface area contributed by atoms with Crippen molar-refractivity contribution in [3.8, 4) is 5.75 Å². The molecule has 0 heterocycles. The van der Waals surface area contributed by atoms with Gasteiger partial charge in [-0.15, -0.1) is 24.8 Å². The van der Waals surface area contributed by atoms with Gasteiger partial charge in [-0.3, -0.25) is 19.3 Å². The summed E-state index contributed by atoms with van der Waals surface area (Å²) in [5, 5.41) is 12.3. The van der Waals surface area contributed by atoms with Crippen LogP contribution in [0.2, 0.25) is 0 Å². The molecule has 0 bridgehead atoms. The topological polar surface area (TPSA) is 165 Å². The normalized spacial score (nSPS) is 13.1. The molecular weight excluding hydrogens is 541 g/mol. The minimum Gasteiger partial charge on any atom is -0.508 e. The number of nitrogens with zero attached hydrogens (tertiary/aromatic N) is 1. The Morgan fingerprint density at radius 3 is 2.13 bits per heavy atom. The number of aromatic hydroxyl groups is 1. The number of nitrogens with one attached hydrogen (secondary N) is 1. The van der Waals surface area contributed by atoms with E-state index in [9.17, 15) is 19.5 Å². The average molecular weight is 583 g/mol. The number of amides is 3. The van der Waals surface area contributed by atoms with Crippen LogP contribution < -0.4 is 22.5 Å². The highest BCUT2D eigenvalue weighted by Gasteiger charge is 2.32. The number of phenolic OH excluding ortho intramolecular Hbond substituents is 1. The molecule has 2 rings (SSSR count). The molecule has 9 nitrogen and oxygen atoms in total.